The topological polar surface area (TPSA) is 135 Å². The molecule has 0 unspecified atom stereocenters. The van der Waals surface area contributed by atoms with Gasteiger partial charge in [-0.25, -0.2) is 9.59 Å². The molecular weight excluding hydrogens is 226 g/mol. The number of aromatic amines is 2. The van der Waals surface area contributed by atoms with Gasteiger partial charge in [-0.05, 0) is 0 Å². The van der Waals surface area contributed by atoms with Gasteiger partial charge >= 0.3 is 11.4 Å². The van der Waals surface area contributed by atoms with Crippen molar-refractivity contribution in [2.24, 2.45) is 7.05 Å². The lowest BCUT2D eigenvalue weighted by atomic mass is 10.3. The Bertz CT molecular complexity index is 856. The Balaban J connectivity index is 2.78. The molecule has 0 saturated carbocycles. The Morgan fingerprint density at radius 2 is 1.76 bits per heavy atom. The van der Waals surface area contributed by atoms with E-state index >= 15 is 0 Å². The van der Waals surface area contributed by atoms with Crippen molar-refractivity contribution in [1.82, 2.24) is 29.5 Å². The maximum atomic E-state index is 11.6. The number of nitrogen functional groups attached to an aromatic ring is 1. The summed E-state index contributed by atoms with van der Waals surface area (Å²) in [5.74, 6) is 0.0677. The number of nitrogens with one attached hydrogen (secondary N) is 2. The zero-order valence-corrected chi connectivity index (χ0v) is 8.68. The number of aromatic nitrogens is 6. The van der Waals surface area contributed by atoms with Crippen LogP contribution in [0.3, 0.4) is 0 Å². The van der Waals surface area contributed by atoms with Gasteiger partial charge in [0.15, 0.2) is 16.9 Å². The SMILES string of the molecule is Cn1c(=O)[nH]c2nc(=O)nc3[nH]c(N)nc1c32. The summed E-state index contributed by atoms with van der Waals surface area (Å²) in [6, 6.07) is 0. The second-order valence-corrected chi connectivity index (χ2v) is 3.51. The Hall–Kier alpha value is -2.71. The summed E-state index contributed by atoms with van der Waals surface area (Å²) in [6.45, 7) is 0. The van der Waals surface area contributed by atoms with Gasteiger partial charge in [-0.1, -0.05) is 0 Å². The predicted octanol–water partition coefficient (Wildman–Crippen LogP) is -1.52. The Labute approximate surface area is 92.3 Å². The highest BCUT2D eigenvalue weighted by atomic mass is 16.1. The summed E-state index contributed by atoms with van der Waals surface area (Å²) in [5, 5.41) is 0.459. The van der Waals surface area contributed by atoms with Crippen molar-refractivity contribution in [3.8, 4) is 0 Å². The van der Waals surface area contributed by atoms with Gasteiger partial charge in [-0.3, -0.25) is 9.55 Å². The molecule has 0 aromatic carbocycles. The van der Waals surface area contributed by atoms with Gasteiger partial charge in [0.2, 0.25) is 5.95 Å². The minimum atomic E-state index is -0.704. The molecule has 3 aromatic rings. The lowest BCUT2D eigenvalue weighted by Crippen LogP contribution is -2.24. The minimum Gasteiger partial charge on any atom is -0.369 e. The highest BCUT2D eigenvalue weighted by Gasteiger charge is 2.12. The molecule has 3 rings (SSSR count). The highest BCUT2D eigenvalue weighted by molar-refractivity contribution is 5.99. The summed E-state index contributed by atoms with van der Waals surface area (Å²) >= 11 is 0. The van der Waals surface area contributed by atoms with Gasteiger partial charge in [-0.2, -0.15) is 15.0 Å². The maximum Gasteiger partial charge on any atom is 0.371 e. The standard InChI is InChI=1S/C8H7N7O2/c1-15-5-2-3(10-6(9)14-5)11-7(16)12-4(2)13-8(15)17/h1H3,(H4,9,10,11,12,13,14,16,17). The molecule has 0 bridgehead atoms. The molecule has 9 nitrogen and oxygen atoms in total. The lowest BCUT2D eigenvalue weighted by molar-refractivity contribution is 0.838. The molecule has 0 saturated heterocycles. The van der Waals surface area contributed by atoms with E-state index < -0.39 is 11.4 Å². The monoisotopic (exact) mass is 233 g/mol. The first-order valence-corrected chi connectivity index (χ1v) is 4.68. The van der Waals surface area contributed by atoms with E-state index in [1.165, 1.54) is 11.6 Å². The van der Waals surface area contributed by atoms with Crippen molar-refractivity contribution in [3.63, 3.8) is 0 Å². The molecule has 86 valence electrons. The summed E-state index contributed by atoms with van der Waals surface area (Å²) in [6.07, 6.45) is 0. The van der Waals surface area contributed by atoms with E-state index in [0.29, 0.717) is 11.0 Å². The average molecular weight is 233 g/mol. The van der Waals surface area contributed by atoms with Crippen LogP contribution in [0.1, 0.15) is 0 Å². The van der Waals surface area contributed by atoms with Gasteiger partial charge in [0.1, 0.15) is 5.39 Å². The normalized spacial score (nSPS) is 11.4. The second kappa shape index (κ2) is 2.90. The molecule has 3 heterocycles. The van der Waals surface area contributed by atoms with Crippen molar-refractivity contribution < 1.29 is 0 Å². The Kier molecular flexibility index (Phi) is 1.62. The van der Waals surface area contributed by atoms with E-state index in [-0.39, 0.29) is 17.2 Å². The fourth-order valence-electron chi connectivity index (χ4n) is 1.68. The van der Waals surface area contributed by atoms with Gasteiger partial charge in [0.05, 0.1) is 0 Å². The van der Waals surface area contributed by atoms with Crippen molar-refractivity contribution in [1.29, 1.82) is 0 Å². The first-order valence-electron chi connectivity index (χ1n) is 4.68. The number of H-pyrrole nitrogens is 2. The molecule has 0 amide bonds. The van der Waals surface area contributed by atoms with Crippen LogP contribution in [-0.2, 0) is 7.05 Å². The minimum absolute atomic E-state index is 0.0677. The number of aryl methyl sites for hydroxylation is 1. The van der Waals surface area contributed by atoms with Gasteiger partial charge in [0.25, 0.3) is 0 Å². The summed E-state index contributed by atoms with van der Waals surface area (Å²) < 4.78 is 1.27. The third-order valence-electron chi connectivity index (χ3n) is 2.43. The maximum absolute atomic E-state index is 11.6. The zero-order chi connectivity index (χ0) is 12.2. The molecule has 0 aliphatic heterocycles. The third kappa shape index (κ3) is 1.22. The van der Waals surface area contributed by atoms with Gasteiger partial charge in [0, 0.05) is 7.05 Å². The fourth-order valence-corrected chi connectivity index (χ4v) is 1.68. The quantitative estimate of drug-likeness (QED) is 0.431. The largest absolute Gasteiger partial charge is 0.371 e. The first-order chi connectivity index (χ1) is 8.06. The van der Waals surface area contributed by atoms with E-state index in [9.17, 15) is 9.59 Å². The van der Waals surface area contributed by atoms with Crippen molar-refractivity contribution in [3.05, 3.63) is 21.0 Å². The van der Waals surface area contributed by atoms with Crippen LogP contribution >= 0.6 is 0 Å². The molecule has 0 spiro atoms. The van der Waals surface area contributed by atoms with Crippen molar-refractivity contribution in [2.75, 3.05) is 5.73 Å². The zero-order valence-electron chi connectivity index (χ0n) is 8.68. The number of nitrogens with zero attached hydrogens (tertiary/aromatic N) is 4. The van der Waals surface area contributed by atoms with Crippen LogP contribution in [0.15, 0.2) is 9.59 Å². The smallest absolute Gasteiger partial charge is 0.369 e. The van der Waals surface area contributed by atoms with E-state index in [1.807, 2.05) is 0 Å². The lowest BCUT2D eigenvalue weighted by Gasteiger charge is -2.07. The average Bonchev–Trinajstić information content (AvgIpc) is 2.24. The van der Waals surface area contributed by atoms with Crippen LogP contribution in [0.2, 0.25) is 0 Å². The van der Waals surface area contributed by atoms with Crippen LogP contribution in [0.4, 0.5) is 5.95 Å². The molecule has 3 aromatic heterocycles. The summed E-state index contributed by atoms with van der Waals surface area (Å²) in [4.78, 5) is 39.2. The van der Waals surface area contributed by atoms with E-state index in [4.69, 9.17) is 5.73 Å². The fraction of sp³-hybridized carbons (Fsp3) is 0.125. The first kappa shape index (κ1) is 9.51. The number of anilines is 1. The summed E-state index contributed by atoms with van der Waals surface area (Å²) in [5.41, 5.74) is 5.11. The predicted molar refractivity (Wildman–Crippen MR) is 59.5 cm³/mol. The molecule has 17 heavy (non-hydrogen) atoms. The highest BCUT2D eigenvalue weighted by Crippen LogP contribution is 2.16. The van der Waals surface area contributed by atoms with Gasteiger partial charge in [-0.15, -0.1) is 0 Å². The Morgan fingerprint density at radius 1 is 1.12 bits per heavy atom. The molecule has 0 aliphatic carbocycles. The number of nitrogens with two attached hydrogens (primary N) is 1. The molecule has 4 N–H and O–H groups in total. The van der Waals surface area contributed by atoms with Crippen LogP contribution in [0, 0.1) is 0 Å². The molecule has 0 aliphatic rings. The number of hydrogen-bond donors (Lipinski definition) is 3. The number of rotatable bonds is 0. The molecule has 0 atom stereocenters. The molecule has 0 fully saturated rings. The number of hydrogen-bond acceptors (Lipinski definition) is 6. The van der Waals surface area contributed by atoms with E-state index in [0.717, 1.165) is 0 Å². The molecule has 9 heteroatoms. The second-order valence-electron chi connectivity index (χ2n) is 3.51. The van der Waals surface area contributed by atoms with E-state index in [1.54, 1.807) is 0 Å². The third-order valence-corrected chi connectivity index (χ3v) is 2.43. The summed E-state index contributed by atoms with van der Waals surface area (Å²) in [7, 11) is 1.53. The van der Waals surface area contributed by atoms with E-state index in [2.05, 4.69) is 24.9 Å². The van der Waals surface area contributed by atoms with Crippen LogP contribution in [0.5, 0.6) is 0 Å². The molecule has 0 radical (unpaired) electrons. The van der Waals surface area contributed by atoms with Crippen molar-refractivity contribution >= 4 is 28.3 Å². The van der Waals surface area contributed by atoms with Crippen LogP contribution in [-0.4, -0.2) is 29.5 Å². The Morgan fingerprint density at radius 3 is 2.47 bits per heavy atom. The van der Waals surface area contributed by atoms with Crippen LogP contribution in [0.25, 0.3) is 22.3 Å². The van der Waals surface area contributed by atoms with Crippen molar-refractivity contribution in [2.45, 2.75) is 0 Å². The van der Waals surface area contributed by atoms with Gasteiger partial charge < -0.3 is 10.7 Å². The molecular formula is C8H7N7O2. The van der Waals surface area contributed by atoms with Crippen LogP contribution < -0.4 is 17.1 Å².